The molecular formula is C15H13NO5. The zero-order valence-electron chi connectivity index (χ0n) is 11.1. The summed E-state index contributed by atoms with van der Waals surface area (Å²) in [5.74, 6) is -2.40. The minimum Gasteiger partial charge on any atom is -0.508 e. The number of rotatable bonds is 3. The van der Waals surface area contributed by atoms with Crippen molar-refractivity contribution in [2.45, 2.75) is 6.92 Å². The number of nitrogens with one attached hydrogen (secondary N) is 1. The van der Waals surface area contributed by atoms with Crippen molar-refractivity contribution in [1.82, 2.24) is 0 Å². The van der Waals surface area contributed by atoms with Gasteiger partial charge in [0.25, 0.3) is 5.91 Å². The van der Waals surface area contributed by atoms with E-state index >= 15 is 0 Å². The Kier molecular flexibility index (Phi) is 3.80. The largest absolute Gasteiger partial charge is 0.508 e. The van der Waals surface area contributed by atoms with Gasteiger partial charge in [0, 0.05) is 5.56 Å². The number of phenolic OH excluding ortho intramolecular Hbond substituents is 1. The monoisotopic (exact) mass is 287 g/mol. The van der Waals surface area contributed by atoms with Crippen LogP contribution >= 0.6 is 0 Å². The number of carboxylic acids is 1. The molecule has 2 rings (SSSR count). The number of phenols is 2. The van der Waals surface area contributed by atoms with Crippen molar-refractivity contribution < 1.29 is 24.9 Å². The number of carboxylic acid groups (broad SMARTS) is 1. The van der Waals surface area contributed by atoms with Gasteiger partial charge in [0.05, 0.1) is 5.69 Å². The molecule has 0 saturated heterocycles. The molecule has 2 aromatic rings. The number of aryl methyl sites for hydroxylation is 1. The van der Waals surface area contributed by atoms with Crippen LogP contribution in [0.2, 0.25) is 0 Å². The van der Waals surface area contributed by atoms with Gasteiger partial charge in [-0.1, -0.05) is 12.1 Å². The highest BCUT2D eigenvalue weighted by molar-refractivity contribution is 6.06. The zero-order chi connectivity index (χ0) is 15.6. The van der Waals surface area contributed by atoms with Gasteiger partial charge in [0.1, 0.15) is 11.3 Å². The lowest BCUT2D eigenvalue weighted by molar-refractivity contribution is 0.0693. The summed E-state index contributed by atoms with van der Waals surface area (Å²) in [6, 6.07) is 8.41. The highest BCUT2D eigenvalue weighted by Gasteiger charge is 2.15. The predicted molar refractivity (Wildman–Crippen MR) is 75.9 cm³/mol. The first-order valence-corrected chi connectivity index (χ1v) is 6.06. The Balaban J connectivity index is 2.29. The molecule has 0 atom stereocenters. The Bertz CT molecular complexity index is 724. The minimum atomic E-state index is -1.29. The lowest BCUT2D eigenvalue weighted by Gasteiger charge is -2.09. The van der Waals surface area contributed by atoms with E-state index in [-0.39, 0.29) is 22.6 Å². The molecule has 108 valence electrons. The van der Waals surface area contributed by atoms with Crippen LogP contribution in [0.25, 0.3) is 0 Å². The van der Waals surface area contributed by atoms with E-state index in [0.717, 1.165) is 0 Å². The first kappa shape index (κ1) is 14.4. The van der Waals surface area contributed by atoms with Crippen molar-refractivity contribution in [2.75, 3.05) is 5.32 Å². The number of carbonyl (C=O) groups is 2. The third-order valence-electron chi connectivity index (χ3n) is 2.99. The normalized spacial score (nSPS) is 10.1. The summed E-state index contributed by atoms with van der Waals surface area (Å²) in [7, 11) is 0. The number of aromatic carboxylic acids is 1. The van der Waals surface area contributed by atoms with E-state index in [1.165, 1.54) is 30.3 Å². The maximum absolute atomic E-state index is 12.0. The minimum absolute atomic E-state index is 0.0139. The third-order valence-corrected chi connectivity index (χ3v) is 2.99. The van der Waals surface area contributed by atoms with E-state index in [1.54, 1.807) is 13.0 Å². The van der Waals surface area contributed by atoms with Crippen LogP contribution in [-0.2, 0) is 0 Å². The highest BCUT2D eigenvalue weighted by Crippen LogP contribution is 2.28. The van der Waals surface area contributed by atoms with Gasteiger partial charge < -0.3 is 20.6 Å². The van der Waals surface area contributed by atoms with Crippen molar-refractivity contribution >= 4 is 17.6 Å². The van der Waals surface area contributed by atoms with Crippen LogP contribution in [0.3, 0.4) is 0 Å². The second-order valence-electron chi connectivity index (χ2n) is 4.46. The Morgan fingerprint density at radius 1 is 1.10 bits per heavy atom. The van der Waals surface area contributed by atoms with Gasteiger partial charge in [0.2, 0.25) is 0 Å². The van der Waals surface area contributed by atoms with Gasteiger partial charge in [0.15, 0.2) is 5.75 Å². The molecule has 21 heavy (non-hydrogen) atoms. The average Bonchev–Trinajstić information content (AvgIpc) is 2.43. The Morgan fingerprint density at radius 2 is 1.81 bits per heavy atom. The maximum atomic E-state index is 12.0. The van der Waals surface area contributed by atoms with Crippen LogP contribution in [0.1, 0.15) is 26.3 Å². The van der Waals surface area contributed by atoms with E-state index in [0.29, 0.717) is 5.56 Å². The van der Waals surface area contributed by atoms with Crippen molar-refractivity contribution in [3.63, 3.8) is 0 Å². The van der Waals surface area contributed by atoms with E-state index in [4.69, 9.17) is 5.11 Å². The number of benzene rings is 2. The number of aromatic hydroxyl groups is 2. The number of anilines is 1. The summed E-state index contributed by atoms with van der Waals surface area (Å²) in [5, 5.41) is 30.7. The van der Waals surface area contributed by atoms with Crippen molar-refractivity contribution in [2.24, 2.45) is 0 Å². The quantitative estimate of drug-likeness (QED) is 0.648. The SMILES string of the molecule is Cc1ccc(C(=O)Nc2cccc(C(=O)O)c2O)cc1O. The Hall–Kier alpha value is -3.02. The topological polar surface area (TPSA) is 107 Å². The van der Waals surface area contributed by atoms with Crippen LogP contribution in [0, 0.1) is 6.92 Å². The maximum Gasteiger partial charge on any atom is 0.339 e. The van der Waals surface area contributed by atoms with Crippen LogP contribution in [-0.4, -0.2) is 27.2 Å². The standard InChI is InChI=1S/C15H13NO5/c1-8-5-6-9(7-12(8)17)14(19)16-11-4-2-3-10(13(11)18)15(20)21/h2-7,17-18H,1H3,(H,16,19)(H,20,21). The summed E-state index contributed by atoms with van der Waals surface area (Å²) in [6.45, 7) is 1.69. The smallest absolute Gasteiger partial charge is 0.339 e. The first-order valence-electron chi connectivity index (χ1n) is 6.06. The van der Waals surface area contributed by atoms with E-state index < -0.39 is 17.6 Å². The molecule has 6 heteroatoms. The average molecular weight is 287 g/mol. The molecule has 2 aromatic carbocycles. The second-order valence-corrected chi connectivity index (χ2v) is 4.46. The van der Waals surface area contributed by atoms with Crippen molar-refractivity contribution in [1.29, 1.82) is 0 Å². The van der Waals surface area contributed by atoms with Crippen LogP contribution in [0.4, 0.5) is 5.69 Å². The summed E-state index contributed by atoms with van der Waals surface area (Å²) >= 11 is 0. The summed E-state index contributed by atoms with van der Waals surface area (Å²) in [6.07, 6.45) is 0. The van der Waals surface area contributed by atoms with Gasteiger partial charge in [-0.3, -0.25) is 4.79 Å². The molecule has 0 unspecified atom stereocenters. The fourth-order valence-electron chi connectivity index (χ4n) is 1.76. The molecule has 0 saturated carbocycles. The molecule has 0 heterocycles. The molecule has 6 nitrogen and oxygen atoms in total. The first-order chi connectivity index (χ1) is 9.90. The fraction of sp³-hybridized carbons (Fsp3) is 0.0667. The molecule has 4 N–H and O–H groups in total. The highest BCUT2D eigenvalue weighted by atomic mass is 16.4. The van der Waals surface area contributed by atoms with E-state index in [9.17, 15) is 19.8 Å². The molecule has 0 spiro atoms. The van der Waals surface area contributed by atoms with Gasteiger partial charge in [-0.2, -0.15) is 0 Å². The van der Waals surface area contributed by atoms with Gasteiger partial charge in [-0.25, -0.2) is 4.79 Å². The molecular weight excluding hydrogens is 274 g/mol. The van der Waals surface area contributed by atoms with Crippen molar-refractivity contribution in [3.8, 4) is 11.5 Å². The summed E-state index contributed by atoms with van der Waals surface area (Å²) < 4.78 is 0. The fourth-order valence-corrected chi connectivity index (χ4v) is 1.76. The molecule has 0 radical (unpaired) electrons. The molecule has 0 aliphatic heterocycles. The molecule has 1 amide bonds. The summed E-state index contributed by atoms with van der Waals surface area (Å²) in [5.41, 5.74) is 0.500. The van der Waals surface area contributed by atoms with Crippen LogP contribution < -0.4 is 5.32 Å². The molecule has 0 aliphatic carbocycles. The lowest BCUT2D eigenvalue weighted by atomic mass is 10.1. The Labute approximate surface area is 120 Å². The zero-order valence-corrected chi connectivity index (χ0v) is 11.1. The second kappa shape index (κ2) is 5.54. The molecule has 0 fully saturated rings. The number of carbonyl (C=O) groups excluding carboxylic acids is 1. The number of hydrogen-bond acceptors (Lipinski definition) is 4. The van der Waals surface area contributed by atoms with Gasteiger partial charge in [-0.05, 0) is 36.8 Å². The van der Waals surface area contributed by atoms with Crippen LogP contribution in [0.5, 0.6) is 11.5 Å². The predicted octanol–water partition coefficient (Wildman–Crippen LogP) is 2.36. The molecule has 0 bridgehead atoms. The number of amides is 1. The lowest BCUT2D eigenvalue weighted by Crippen LogP contribution is -2.12. The summed E-state index contributed by atoms with van der Waals surface area (Å²) in [4.78, 5) is 22.9. The van der Waals surface area contributed by atoms with Gasteiger partial charge in [-0.15, -0.1) is 0 Å². The number of para-hydroxylation sites is 1. The molecule has 0 aromatic heterocycles. The van der Waals surface area contributed by atoms with E-state index in [2.05, 4.69) is 5.32 Å². The third kappa shape index (κ3) is 2.94. The van der Waals surface area contributed by atoms with Gasteiger partial charge >= 0.3 is 5.97 Å². The van der Waals surface area contributed by atoms with Crippen LogP contribution in [0.15, 0.2) is 36.4 Å². The van der Waals surface area contributed by atoms with Crippen molar-refractivity contribution in [3.05, 3.63) is 53.1 Å². The molecule has 0 aliphatic rings. The van der Waals surface area contributed by atoms with E-state index in [1.807, 2.05) is 0 Å². The Morgan fingerprint density at radius 3 is 2.43 bits per heavy atom. The number of hydrogen-bond donors (Lipinski definition) is 4.